The van der Waals surface area contributed by atoms with Gasteiger partial charge in [0.1, 0.15) is 30.8 Å². The molecule has 1 aromatic carbocycles. The zero-order valence-electron chi connectivity index (χ0n) is 27.8. The van der Waals surface area contributed by atoms with E-state index in [-0.39, 0.29) is 31.7 Å². The highest BCUT2D eigenvalue weighted by atomic mass is 33.1. The normalized spacial score (nSPS) is 13.4. The zero-order valence-corrected chi connectivity index (χ0v) is 29.4. The first-order valence-electron chi connectivity index (χ1n) is 15.3. The van der Waals surface area contributed by atoms with Gasteiger partial charge in [-0.25, -0.2) is 4.79 Å². The van der Waals surface area contributed by atoms with E-state index in [1.165, 1.54) is 0 Å². The largest absolute Gasteiger partial charge is 0.481 e. The van der Waals surface area contributed by atoms with E-state index in [1.807, 2.05) is 5.32 Å². The molecule has 0 bridgehead atoms. The number of benzene rings is 1. The molecule has 5 atom stereocenters. The second-order valence-corrected chi connectivity index (χ2v) is 13.3. The number of carbonyl (C=O) groups excluding carboxylic acids is 5. The number of rotatable bonds is 26. The van der Waals surface area contributed by atoms with Crippen molar-refractivity contribution in [3.05, 3.63) is 29.8 Å². The summed E-state index contributed by atoms with van der Waals surface area (Å²) in [6.45, 7) is 0.378. The second-order valence-electron chi connectivity index (χ2n) is 10.9. The molecule has 0 heterocycles. The number of carboxylic acid groups (broad SMARTS) is 4. The highest BCUT2D eigenvalue weighted by Gasteiger charge is 2.34. The molecule has 292 valence electrons. The van der Waals surface area contributed by atoms with Gasteiger partial charge in [0.15, 0.2) is 5.96 Å². The maximum absolute atomic E-state index is 13.2. The van der Waals surface area contributed by atoms with Gasteiger partial charge in [-0.1, -0.05) is 33.7 Å². The average molecular weight is 789 g/mol. The number of ether oxygens (including phenoxy) is 1. The van der Waals surface area contributed by atoms with Crippen molar-refractivity contribution < 1.29 is 68.3 Å². The molecule has 0 spiro atoms. The summed E-state index contributed by atoms with van der Waals surface area (Å²) in [5, 5.41) is 55.6. The van der Waals surface area contributed by atoms with Gasteiger partial charge in [0.05, 0.1) is 25.3 Å². The van der Waals surface area contributed by atoms with Crippen molar-refractivity contribution in [2.75, 3.05) is 12.3 Å². The van der Waals surface area contributed by atoms with Crippen LogP contribution in [-0.2, 0) is 54.5 Å². The van der Waals surface area contributed by atoms with Gasteiger partial charge in [-0.2, -0.15) is 0 Å². The van der Waals surface area contributed by atoms with E-state index in [4.69, 9.17) is 22.0 Å². The van der Waals surface area contributed by atoms with Crippen LogP contribution in [0.1, 0.15) is 37.7 Å². The van der Waals surface area contributed by atoms with Crippen LogP contribution in [-0.4, -0.2) is 123 Å². The Hall–Kier alpha value is -5.62. The first-order valence-corrected chi connectivity index (χ1v) is 17.6. The number of aliphatic carboxylic acids is 4. The number of hydrogen-bond acceptors (Lipinski definition) is 14. The molecular weight excluding hydrogens is 748 g/mol. The van der Waals surface area contributed by atoms with Gasteiger partial charge in [-0.3, -0.25) is 43.8 Å². The minimum absolute atomic E-state index is 0.0298. The Morgan fingerprint density at radius 1 is 0.755 bits per heavy atom. The van der Waals surface area contributed by atoms with Crippen LogP contribution in [0.2, 0.25) is 0 Å². The molecule has 0 saturated heterocycles. The monoisotopic (exact) mass is 788 g/mol. The van der Waals surface area contributed by atoms with Crippen molar-refractivity contribution in [1.29, 1.82) is 5.41 Å². The fourth-order valence-corrected chi connectivity index (χ4v) is 6.23. The maximum Gasteiger partial charge on any atom is 0.327 e. The standard InChI is InChI=1S/C29H40N8O14S2/c30-16(8-21(39)40)24(45)34-17(2-1-7-33-29(31)32)25(46)35-18(9-22(41)42)26(47)36-19(10-23(43)44)27(48)37-20(28(49)50)12-52-53-15-5-3-14(4-6-15)11-51-13-38/h3-6,13,16-20H,1-2,7-12,30H2,(H,34,45)(H,35,46)(H,36,47)(H,37,48)(H,39,40)(H,41,42)(H,43,44)(H,49,50)(H4,31,32,33)/t16-,17-,18-,19-,20-/m0/s1. The van der Waals surface area contributed by atoms with Crippen LogP contribution in [0.3, 0.4) is 0 Å². The van der Waals surface area contributed by atoms with E-state index >= 15 is 0 Å². The molecule has 0 aliphatic carbocycles. The fourth-order valence-electron chi connectivity index (χ4n) is 4.06. The van der Waals surface area contributed by atoms with E-state index in [1.54, 1.807) is 24.3 Å². The lowest BCUT2D eigenvalue weighted by Gasteiger charge is -2.25. The molecule has 24 heteroatoms. The third-order valence-electron chi connectivity index (χ3n) is 6.62. The SMILES string of the molecule is N=C(N)NCCC[C@H](NC(=O)[C@@H](N)CC(=O)O)C(=O)N[C@@H](CC(=O)O)C(=O)N[C@@H](CC(=O)O)C(=O)N[C@@H](CSSc1ccc(COC=O)cc1)C(=O)O. The van der Waals surface area contributed by atoms with E-state index < -0.39 is 103 Å². The van der Waals surface area contributed by atoms with E-state index in [9.17, 15) is 58.5 Å². The van der Waals surface area contributed by atoms with Crippen LogP contribution in [0.15, 0.2) is 29.2 Å². The van der Waals surface area contributed by atoms with Gasteiger partial charge < -0.3 is 63.2 Å². The van der Waals surface area contributed by atoms with Crippen LogP contribution in [0.25, 0.3) is 0 Å². The minimum atomic E-state index is -1.97. The van der Waals surface area contributed by atoms with Gasteiger partial charge in [0, 0.05) is 17.2 Å². The highest BCUT2D eigenvalue weighted by molar-refractivity contribution is 8.76. The number of guanidine groups is 1. The lowest BCUT2D eigenvalue weighted by Crippen LogP contribution is -2.59. The lowest BCUT2D eigenvalue weighted by molar-refractivity contribution is -0.144. The van der Waals surface area contributed by atoms with Crippen LogP contribution >= 0.6 is 21.6 Å². The predicted molar refractivity (Wildman–Crippen MR) is 185 cm³/mol. The lowest BCUT2D eigenvalue weighted by atomic mass is 10.1. The van der Waals surface area contributed by atoms with Crippen molar-refractivity contribution in [2.45, 2.75) is 73.8 Å². The number of carbonyl (C=O) groups is 9. The molecule has 0 fully saturated rings. The smallest absolute Gasteiger partial charge is 0.327 e. The highest BCUT2D eigenvalue weighted by Crippen LogP contribution is 2.31. The Morgan fingerprint density at radius 3 is 1.72 bits per heavy atom. The summed E-state index contributed by atoms with van der Waals surface area (Å²) in [5.74, 6) is -11.6. The molecule has 14 N–H and O–H groups in total. The van der Waals surface area contributed by atoms with Gasteiger partial charge in [-0.05, 0) is 30.5 Å². The Labute approximate surface area is 308 Å². The minimum Gasteiger partial charge on any atom is -0.481 e. The Kier molecular flexibility index (Phi) is 20.4. The Balaban J connectivity index is 3.09. The van der Waals surface area contributed by atoms with Gasteiger partial charge >= 0.3 is 23.9 Å². The van der Waals surface area contributed by atoms with Gasteiger partial charge in [0.2, 0.25) is 23.6 Å². The number of nitrogens with two attached hydrogens (primary N) is 2. The summed E-state index contributed by atoms with van der Waals surface area (Å²) < 4.78 is 4.66. The maximum atomic E-state index is 13.2. The van der Waals surface area contributed by atoms with E-state index in [0.717, 1.165) is 21.6 Å². The molecule has 0 aliphatic rings. The van der Waals surface area contributed by atoms with Crippen LogP contribution < -0.4 is 38.1 Å². The summed E-state index contributed by atoms with van der Waals surface area (Å²) in [7, 11) is 2.16. The molecule has 0 unspecified atom stereocenters. The fraction of sp³-hybridized carbons (Fsp3) is 0.448. The molecule has 4 amide bonds. The molecule has 1 aromatic rings. The second kappa shape index (κ2) is 23.8. The van der Waals surface area contributed by atoms with Crippen LogP contribution in [0.5, 0.6) is 0 Å². The molecule has 0 aliphatic heterocycles. The molecule has 1 rings (SSSR count). The van der Waals surface area contributed by atoms with Crippen LogP contribution in [0.4, 0.5) is 0 Å². The van der Waals surface area contributed by atoms with Gasteiger partial charge in [0.25, 0.3) is 6.47 Å². The zero-order chi connectivity index (χ0) is 40.1. The van der Waals surface area contributed by atoms with Crippen molar-refractivity contribution in [1.82, 2.24) is 26.6 Å². The molecule has 0 aromatic heterocycles. The molecule has 22 nitrogen and oxygen atoms in total. The van der Waals surface area contributed by atoms with Crippen molar-refractivity contribution >= 4 is 81.5 Å². The van der Waals surface area contributed by atoms with E-state index in [2.05, 4.69) is 26.0 Å². The molecule has 0 saturated carbocycles. The van der Waals surface area contributed by atoms with Crippen molar-refractivity contribution in [3.63, 3.8) is 0 Å². The Morgan fingerprint density at radius 2 is 1.25 bits per heavy atom. The molecule has 53 heavy (non-hydrogen) atoms. The molecular formula is C29H40N8O14S2. The topological polar surface area (TPSA) is 380 Å². The summed E-state index contributed by atoms with van der Waals surface area (Å²) in [6.07, 6.45) is -3.13. The number of hydrogen-bond donors (Lipinski definition) is 12. The van der Waals surface area contributed by atoms with Crippen LogP contribution in [0, 0.1) is 5.41 Å². The quantitative estimate of drug-likeness (QED) is 0.0148. The number of carboxylic acids is 4. The average Bonchev–Trinajstić information content (AvgIpc) is 3.06. The summed E-state index contributed by atoms with van der Waals surface area (Å²) in [5.41, 5.74) is 11.5. The molecule has 0 radical (unpaired) electrons. The number of amides is 4. The third kappa shape index (κ3) is 19.0. The summed E-state index contributed by atoms with van der Waals surface area (Å²) >= 11 is 0. The van der Waals surface area contributed by atoms with Crippen molar-refractivity contribution in [2.24, 2.45) is 11.5 Å². The summed E-state index contributed by atoms with van der Waals surface area (Å²) in [4.78, 5) is 109. The predicted octanol–water partition coefficient (Wildman–Crippen LogP) is -2.86. The number of nitrogens with one attached hydrogen (secondary N) is 6. The Bertz CT molecular complexity index is 1500. The third-order valence-corrected chi connectivity index (χ3v) is 9.01. The summed E-state index contributed by atoms with van der Waals surface area (Å²) in [6, 6.07) is -1.93. The van der Waals surface area contributed by atoms with E-state index in [0.29, 0.717) is 16.9 Å². The first kappa shape index (κ1) is 45.4. The van der Waals surface area contributed by atoms with Crippen molar-refractivity contribution in [3.8, 4) is 0 Å². The van der Waals surface area contributed by atoms with Gasteiger partial charge in [-0.15, -0.1) is 0 Å². The first-order chi connectivity index (χ1) is 24.9.